The summed E-state index contributed by atoms with van der Waals surface area (Å²) in [6.07, 6.45) is 0.442. The number of aryl methyl sites for hydroxylation is 1. The first-order chi connectivity index (χ1) is 16.9. The quantitative estimate of drug-likeness (QED) is 0.424. The van der Waals surface area contributed by atoms with Gasteiger partial charge in [0.2, 0.25) is 5.95 Å². The predicted molar refractivity (Wildman–Crippen MR) is 133 cm³/mol. The van der Waals surface area contributed by atoms with E-state index in [0.717, 1.165) is 16.8 Å². The second-order valence-electron chi connectivity index (χ2n) is 9.34. The lowest BCUT2D eigenvalue weighted by Crippen LogP contribution is -2.46. The summed E-state index contributed by atoms with van der Waals surface area (Å²) in [5, 5.41) is 8.56. The van der Waals surface area contributed by atoms with Crippen molar-refractivity contribution in [1.29, 1.82) is 0 Å². The molecular formula is C27H29N5O3. The van der Waals surface area contributed by atoms with Crippen molar-refractivity contribution in [1.82, 2.24) is 9.97 Å². The fraction of sp³-hybridized carbons (Fsp3) is 0.370. The molecule has 0 bridgehead atoms. The van der Waals surface area contributed by atoms with Gasteiger partial charge in [-0.2, -0.15) is 10.1 Å². The van der Waals surface area contributed by atoms with Gasteiger partial charge in [-0.15, -0.1) is 5.11 Å². The summed E-state index contributed by atoms with van der Waals surface area (Å²) in [6.45, 7) is 9.42. The standard InChI is InChI=1S/C27H29N5O3/c1-16-7-5-9-21(11-16)23(33)13-20-8-6-10-22(12-20)35-26-25-24(19(4)30-31-25)28-27(29-26)32-14-17(2)34-18(3)15-32/h5-12,17-19H,13-15H2,1-4H3. The van der Waals surface area contributed by atoms with Gasteiger partial charge in [0, 0.05) is 25.1 Å². The molecule has 3 heterocycles. The zero-order valence-electron chi connectivity index (χ0n) is 20.4. The molecule has 2 aromatic carbocycles. The summed E-state index contributed by atoms with van der Waals surface area (Å²) in [4.78, 5) is 24.4. The number of carbonyl (C=O) groups is 1. The van der Waals surface area contributed by atoms with Crippen molar-refractivity contribution in [3.8, 4) is 11.6 Å². The lowest BCUT2D eigenvalue weighted by molar-refractivity contribution is -0.00575. The van der Waals surface area contributed by atoms with Gasteiger partial charge < -0.3 is 14.4 Å². The number of nitrogens with zero attached hydrogens (tertiary/aromatic N) is 5. The number of anilines is 1. The Bertz CT molecular complexity index is 1280. The van der Waals surface area contributed by atoms with Crippen LogP contribution < -0.4 is 9.64 Å². The van der Waals surface area contributed by atoms with Gasteiger partial charge in [0.1, 0.15) is 17.5 Å². The topological polar surface area (TPSA) is 89.3 Å². The first kappa shape index (κ1) is 23.1. The fourth-order valence-corrected chi connectivity index (χ4v) is 4.51. The average molecular weight is 472 g/mol. The molecule has 2 aliphatic heterocycles. The van der Waals surface area contributed by atoms with Crippen LogP contribution >= 0.6 is 0 Å². The highest BCUT2D eigenvalue weighted by Gasteiger charge is 2.30. The van der Waals surface area contributed by atoms with Gasteiger partial charge in [-0.1, -0.05) is 35.9 Å². The van der Waals surface area contributed by atoms with Crippen LogP contribution in [0.4, 0.5) is 11.6 Å². The predicted octanol–water partition coefficient (Wildman–Crippen LogP) is 5.77. The van der Waals surface area contributed by atoms with E-state index in [9.17, 15) is 4.79 Å². The maximum absolute atomic E-state index is 12.8. The van der Waals surface area contributed by atoms with Crippen molar-refractivity contribution in [2.45, 2.75) is 52.4 Å². The molecule has 0 radical (unpaired) electrons. The van der Waals surface area contributed by atoms with Crippen molar-refractivity contribution in [3.63, 3.8) is 0 Å². The Labute approximate surface area is 205 Å². The molecule has 0 amide bonds. The summed E-state index contributed by atoms with van der Waals surface area (Å²) in [5.74, 6) is 1.61. The van der Waals surface area contributed by atoms with Gasteiger partial charge in [0.15, 0.2) is 11.5 Å². The Morgan fingerprint density at radius 1 is 1.06 bits per heavy atom. The number of hydrogen-bond acceptors (Lipinski definition) is 8. The fourth-order valence-electron chi connectivity index (χ4n) is 4.51. The summed E-state index contributed by atoms with van der Waals surface area (Å²) >= 11 is 0. The van der Waals surface area contributed by atoms with E-state index in [1.165, 1.54) is 0 Å². The van der Waals surface area contributed by atoms with E-state index in [1.54, 1.807) is 0 Å². The number of Topliss-reactive ketones (excluding diaryl/α,β-unsaturated/α-hetero) is 1. The molecule has 1 saturated heterocycles. The van der Waals surface area contributed by atoms with Crippen molar-refractivity contribution in [3.05, 3.63) is 70.9 Å². The Kier molecular flexibility index (Phi) is 6.30. The van der Waals surface area contributed by atoms with Crippen molar-refractivity contribution >= 4 is 17.4 Å². The minimum atomic E-state index is -0.164. The molecular weight excluding hydrogens is 442 g/mol. The normalized spacial score (nSPS) is 21.1. The highest BCUT2D eigenvalue weighted by atomic mass is 16.5. The summed E-state index contributed by atoms with van der Waals surface area (Å²) in [6, 6.07) is 15.0. The smallest absolute Gasteiger partial charge is 0.252 e. The van der Waals surface area contributed by atoms with Crippen LogP contribution in [0.5, 0.6) is 11.6 Å². The monoisotopic (exact) mass is 471 g/mol. The Morgan fingerprint density at radius 3 is 2.60 bits per heavy atom. The zero-order valence-corrected chi connectivity index (χ0v) is 20.4. The van der Waals surface area contributed by atoms with E-state index in [0.29, 0.717) is 41.9 Å². The molecule has 0 N–H and O–H groups in total. The van der Waals surface area contributed by atoms with Gasteiger partial charge >= 0.3 is 0 Å². The van der Waals surface area contributed by atoms with Crippen LogP contribution in [0.15, 0.2) is 58.8 Å². The van der Waals surface area contributed by atoms with E-state index in [4.69, 9.17) is 19.4 Å². The Hall–Kier alpha value is -3.65. The summed E-state index contributed by atoms with van der Waals surface area (Å²) in [5.41, 5.74) is 3.94. The molecule has 3 aromatic rings. The number of carbonyl (C=O) groups excluding carboxylic acids is 1. The Morgan fingerprint density at radius 2 is 1.83 bits per heavy atom. The van der Waals surface area contributed by atoms with Gasteiger partial charge in [-0.05, 0) is 51.5 Å². The zero-order chi connectivity index (χ0) is 24.5. The molecule has 0 saturated carbocycles. The Balaban J connectivity index is 1.41. The van der Waals surface area contributed by atoms with E-state index >= 15 is 0 Å². The molecule has 5 rings (SSSR count). The van der Waals surface area contributed by atoms with Crippen LogP contribution in [0.3, 0.4) is 0 Å². The number of fused-ring (bicyclic) bond motifs is 1. The van der Waals surface area contributed by atoms with E-state index in [1.807, 2.05) is 76.2 Å². The number of aromatic nitrogens is 2. The van der Waals surface area contributed by atoms with E-state index in [2.05, 4.69) is 15.1 Å². The van der Waals surface area contributed by atoms with E-state index < -0.39 is 0 Å². The lowest BCUT2D eigenvalue weighted by atomic mass is 10.0. The van der Waals surface area contributed by atoms with Crippen LogP contribution in [-0.4, -0.2) is 41.0 Å². The van der Waals surface area contributed by atoms with Crippen LogP contribution in [0.1, 0.15) is 54.0 Å². The second-order valence-corrected chi connectivity index (χ2v) is 9.34. The largest absolute Gasteiger partial charge is 0.437 e. The molecule has 0 aliphatic carbocycles. The second kappa shape index (κ2) is 9.54. The molecule has 1 fully saturated rings. The highest BCUT2D eigenvalue weighted by molar-refractivity contribution is 5.97. The van der Waals surface area contributed by atoms with E-state index in [-0.39, 0.29) is 30.5 Å². The number of ether oxygens (including phenoxy) is 2. The third kappa shape index (κ3) is 5.07. The molecule has 3 atom stereocenters. The molecule has 3 unspecified atom stereocenters. The number of azo groups is 1. The molecule has 2 aliphatic rings. The third-order valence-corrected chi connectivity index (χ3v) is 6.11. The van der Waals surface area contributed by atoms with Gasteiger partial charge in [0.05, 0.1) is 12.2 Å². The minimum absolute atomic E-state index is 0.0641. The summed E-state index contributed by atoms with van der Waals surface area (Å²) < 4.78 is 12.1. The molecule has 8 nitrogen and oxygen atoms in total. The summed E-state index contributed by atoms with van der Waals surface area (Å²) in [7, 11) is 0. The van der Waals surface area contributed by atoms with Crippen molar-refractivity contribution < 1.29 is 14.3 Å². The van der Waals surface area contributed by atoms with Crippen LogP contribution in [-0.2, 0) is 11.2 Å². The minimum Gasteiger partial charge on any atom is -0.437 e. The number of morpholine rings is 1. The molecule has 180 valence electrons. The number of hydrogen-bond donors (Lipinski definition) is 0. The van der Waals surface area contributed by atoms with Gasteiger partial charge in [0.25, 0.3) is 5.88 Å². The average Bonchev–Trinajstić information content (AvgIpc) is 3.19. The molecule has 35 heavy (non-hydrogen) atoms. The molecule has 1 aromatic heterocycles. The third-order valence-electron chi connectivity index (χ3n) is 6.11. The van der Waals surface area contributed by atoms with Gasteiger partial charge in [-0.25, -0.2) is 4.98 Å². The lowest BCUT2D eigenvalue weighted by Gasteiger charge is -2.35. The van der Waals surface area contributed by atoms with Crippen LogP contribution in [0, 0.1) is 6.92 Å². The molecule has 8 heteroatoms. The van der Waals surface area contributed by atoms with Crippen LogP contribution in [0.25, 0.3) is 0 Å². The maximum atomic E-state index is 12.8. The van der Waals surface area contributed by atoms with Crippen molar-refractivity contribution in [2.24, 2.45) is 10.2 Å². The van der Waals surface area contributed by atoms with Crippen molar-refractivity contribution in [2.75, 3.05) is 18.0 Å². The number of benzene rings is 2. The maximum Gasteiger partial charge on any atom is 0.252 e. The first-order valence-corrected chi connectivity index (χ1v) is 12.0. The SMILES string of the molecule is Cc1cccc(C(=O)Cc2cccc(Oc3nc(N4CC(C)OC(C)C4)nc4c3N=NC4C)c2)c1. The molecule has 0 spiro atoms. The number of ketones is 1. The highest BCUT2D eigenvalue weighted by Crippen LogP contribution is 2.42. The van der Waals surface area contributed by atoms with Crippen LogP contribution in [0.2, 0.25) is 0 Å². The van der Waals surface area contributed by atoms with Gasteiger partial charge in [-0.3, -0.25) is 4.79 Å². The number of rotatable bonds is 6. The first-order valence-electron chi connectivity index (χ1n) is 12.0.